The molecule has 1 unspecified atom stereocenters. The monoisotopic (exact) mass is 264 g/mol. The maximum atomic E-state index is 10.4. The van der Waals surface area contributed by atoms with Crippen LogP contribution < -0.4 is 0 Å². The standard InChI is InChI=1S/C14H20N2OS/c1-13(2)11(14(13,3)4)10(17)7-9-8-16-5-6-18-12(16)15-9/h5-6,8,10-11,17H,7H2,1-4H3. The van der Waals surface area contributed by atoms with Crippen LogP contribution in [0.3, 0.4) is 0 Å². The van der Waals surface area contributed by atoms with Crippen molar-refractivity contribution in [2.75, 3.05) is 0 Å². The Morgan fingerprint density at radius 3 is 2.61 bits per heavy atom. The molecule has 1 saturated carbocycles. The van der Waals surface area contributed by atoms with Gasteiger partial charge >= 0.3 is 0 Å². The summed E-state index contributed by atoms with van der Waals surface area (Å²) in [7, 11) is 0. The molecule has 0 saturated heterocycles. The molecule has 1 aliphatic rings. The van der Waals surface area contributed by atoms with Gasteiger partial charge in [0.25, 0.3) is 0 Å². The lowest BCUT2D eigenvalue weighted by atomic mass is 10.0. The van der Waals surface area contributed by atoms with E-state index in [1.165, 1.54) is 0 Å². The van der Waals surface area contributed by atoms with Crippen molar-refractivity contribution < 1.29 is 5.11 Å². The van der Waals surface area contributed by atoms with Crippen molar-refractivity contribution in [1.29, 1.82) is 0 Å². The zero-order chi connectivity index (χ0) is 13.1. The summed E-state index contributed by atoms with van der Waals surface area (Å²) >= 11 is 1.63. The number of hydrogen-bond donors (Lipinski definition) is 1. The van der Waals surface area contributed by atoms with Crippen molar-refractivity contribution in [3.63, 3.8) is 0 Å². The summed E-state index contributed by atoms with van der Waals surface area (Å²) in [5.74, 6) is 0.365. The quantitative estimate of drug-likeness (QED) is 0.925. The second-order valence-corrected chi connectivity index (χ2v) is 7.39. The number of aromatic nitrogens is 2. The molecule has 1 atom stereocenters. The number of nitrogens with zero attached hydrogens (tertiary/aromatic N) is 2. The van der Waals surface area contributed by atoms with Crippen LogP contribution in [0.15, 0.2) is 17.8 Å². The molecule has 0 spiro atoms. The molecule has 18 heavy (non-hydrogen) atoms. The van der Waals surface area contributed by atoms with E-state index in [0.717, 1.165) is 10.7 Å². The van der Waals surface area contributed by atoms with Gasteiger partial charge in [-0.3, -0.25) is 4.40 Å². The third-order valence-electron chi connectivity index (χ3n) is 5.08. The fraction of sp³-hybridized carbons (Fsp3) is 0.643. The van der Waals surface area contributed by atoms with Crippen LogP contribution in [0.5, 0.6) is 0 Å². The van der Waals surface area contributed by atoms with Gasteiger partial charge in [-0.2, -0.15) is 0 Å². The molecule has 1 fully saturated rings. The van der Waals surface area contributed by atoms with E-state index in [1.54, 1.807) is 11.3 Å². The largest absolute Gasteiger partial charge is 0.392 e. The number of aliphatic hydroxyl groups excluding tert-OH is 1. The number of rotatable bonds is 3. The van der Waals surface area contributed by atoms with Crippen LogP contribution in [0.1, 0.15) is 33.4 Å². The van der Waals surface area contributed by atoms with Gasteiger partial charge in [0.05, 0.1) is 11.8 Å². The average molecular weight is 264 g/mol. The predicted molar refractivity (Wildman–Crippen MR) is 73.8 cm³/mol. The topological polar surface area (TPSA) is 37.5 Å². The van der Waals surface area contributed by atoms with Gasteiger partial charge < -0.3 is 5.11 Å². The Bertz CT molecular complexity index is 539. The van der Waals surface area contributed by atoms with E-state index >= 15 is 0 Å². The highest BCUT2D eigenvalue weighted by Crippen LogP contribution is 2.69. The Hall–Kier alpha value is -0.870. The molecule has 2 aromatic rings. The molecule has 98 valence electrons. The van der Waals surface area contributed by atoms with Crippen molar-refractivity contribution in [2.45, 2.75) is 40.2 Å². The Balaban J connectivity index is 1.76. The summed E-state index contributed by atoms with van der Waals surface area (Å²) in [6, 6.07) is 0. The highest BCUT2D eigenvalue weighted by molar-refractivity contribution is 7.15. The summed E-state index contributed by atoms with van der Waals surface area (Å²) in [5.41, 5.74) is 1.44. The van der Waals surface area contributed by atoms with Crippen LogP contribution in [-0.4, -0.2) is 20.6 Å². The summed E-state index contributed by atoms with van der Waals surface area (Å²) in [5, 5.41) is 12.5. The lowest BCUT2D eigenvalue weighted by Crippen LogP contribution is -2.17. The minimum Gasteiger partial charge on any atom is -0.392 e. The molecule has 0 aromatic carbocycles. The second kappa shape index (κ2) is 3.58. The van der Waals surface area contributed by atoms with Gasteiger partial charge in [0, 0.05) is 24.2 Å². The van der Waals surface area contributed by atoms with Gasteiger partial charge in [0.2, 0.25) is 0 Å². The van der Waals surface area contributed by atoms with Gasteiger partial charge in [0.1, 0.15) is 0 Å². The molecule has 0 radical (unpaired) electrons. The SMILES string of the molecule is CC1(C)C(C(O)Cc2cn3ccsc3n2)C1(C)C. The van der Waals surface area contributed by atoms with Crippen LogP contribution >= 0.6 is 11.3 Å². The van der Waals surface area contributed by atoms with Crippen LogP contribution in [0.2, 0.25) is 0 Å². The third kappa shape index (κ3) is 1.55. The second-order valence-electron chi connectivity index (χ2n) is 6.52. The smallest absolute Gasteiger partial charge is 0.193 e. The van der Waals surface area contributed by atoms with Crippen molar-refractivity contribution in [1.82, 2.24) is 9.38 Å². The number of hydrogen-bond acceptors (Lipinski definition) is 3. The van der Waals surface area contributed by atoms with Gasteiger partial charge in [-0.15, -0.1) is 11.3 Å². The fourth-order valence-electron chi connectivity index (χ4n) is 3.42. The van der Waals surface area contributed by atoms with Crippen molar-refractivity contribution >= 4 is 16.3 Å². The van der Waals surface area contributed by atoms with Gasteiger partial charge in [0.15, 0.2) is 4.96 Å². The van der Waals surface area contributed by atoms with E-state index in [9.17, 15) is 5.11 Å². The van der Waals surface area contributed by atoms with Gasteiger partial charge in [-0.1, -0.05) is 27.7 Å². The molecular formula is C14H20N2OS. The minimum absolute atomic E-state index is 0.226. The Morgan fingerprint density at radius 2 is 2.06 bits per heavy atom. The van der Waals surface area contributed by atoms with Crippen LogP contribution in [-0.2, 0) is 6.42 Å². The van der Waals surface area contributed by atoms with Crippen LogP contribution in [0, 0.1) is 16.7 Å². The summed E-state index contributed by atoms with van der Waals surface area (Å²) in [6.07, 6.45) is 4.40. The van der Waals surface area contributed by atoms with E-state index in [0.29, 0.717) is 12.3 Å². The minimum atomic E-state index is -0.292. The molecule has 0 amide bonds. The van der Waals surface area contributed by atoms with Crippen molar-refractivity contribution in [2.24, 2.45) is 16.7 Å². The molecule has 2 aromatic heterocycles. The average Bonchev–Trinajstić information content (AvgIpc) is 2.62. The van der Waals surface area contributed by atoms with E-state index < -0.39 is 0 Å². The molecule has 2 heterocycles. The number of thiazole rings is 1. The van der Waals surface area contributed by atoms with Gasteiger partial charge in [-0.25, -0.2) is 4.98 Å². The third-order valence-corrected chi connectivity index (χ3v) is 5.85. The molecular weight excluding hydrogens is 244 g/mol. The maximum Gasteiger partial charge on any atom is 0.193 e. The van der Waals surface area contributed by atoms with Crippen LogP contribution in [0.25, 0.3) is 4.96 Å². The molecule has 1 N–H and O–H groups in total. The van der Waals surface area contributed by atoms with Crippen molar-refractivity contribution in [3.8, 4) is 0 Å². The number of aliphatic hydroxyl groups is 1. The molecule has 0 bridgehead atoms. The maximum absolute atomic E-state index is 10.4. The van der Waals surface area contributed by atoms with Gasteiger partial charge in [-0.05, 0) is 16.7 Å². The lowest BCUT2D eigenvalue weighted by Gasteiger charge is -2.10. The summed E-state index contributed by atoms with van der Waals surface area (Å²) < 4.78 is 2.02. The summed E-state index contributed by atoms with van der Waals surface area (Å²) in [6.45, 7) is 8.97. The Morgan fingerprint density at radius 1 is 1.39 bits per heavy atom. The molecule has 1 aliphatic carbocycles. The number of fused-ring (bicyclic) bond motifs is 1. The zero-order valence-electron chi connectivity index (χ0n) is 11.3. The Kier molecular flexibility index (Phi) is 2.42. The van der Waals surface area contributed by atoms with Crippen molar-refractivity contribution in [3.05, 3.63) is 23.5 Å². The van der Waals surface area contributed by atoms with E-state index in [1.807, 2.05) is 22.2 Å². The predicted octanol–water partition coefficient (Wildman–Crippen LogP) is 2.98. The number of imidazole rings is 1. The first-order chi connectivity index (χ1) is 8.34. The summed E-state index contributed by atoms with van der Waals surface area (Å²) in [4.78, 5) is 5.55. The molecule has 3 nitrogen and oxygen atoms in total. The molecule has 0 aliphatic heterocycles. The Labute approximate surface area is 111 Å². The first-order valence-electron chi connectivity index (χ1n) is 6.43. The van der Waals surface area contributed by atoms with E-state index in [-0.39, 0.29) is 16.9 Å². The van der Waals surface area contributed by atoms with E-state index in [4.69, 9.17) is 0 Å². The first-order valence-corrected chi connectivity index (χ1v) is 7.31. The zero-order valence-corrected chi connectivity index (χ0v) is 12.2. The normalized spacial score (nSPS) is 23.4. The highest BCUT2D eigenvalue weighted by Gasteiger charge is 2.66. The molecule has 3 rings (SSSR count). The van der Waals surface area contributed by atoms with Crippen LogP contribution in [0.4, 0.5) is 0 Å². The molecule has 4 heteroatoms. The van der Waals surface area contributed by atoms with E-state index in [2.05, 4.69) is 32.7 Å². The lowest BCUT2D eigenvalue weighted by molar-refractivity contribution is 0.128. The first kappa shape index (κ1) is 12.2. The highest BCUT2D eigenvalue weighted by atomic mass is 32.1. The fourth-order valence-corrected chi connectivity index (χ4v) is 4.13.